The monoisotopic (exact) mass is 316 g/mol. The number of hydrogen-bond donors (Lipinski definition) is 2. The van der Waals surface area contributed by atoms with E-state index in [1.165, 1.54) is 6.07 Å². The molecule has 1 aromatic carbocycles. The van der Waals surface area contributed by atoms with Gasteiger partial charge >= 0.3 is 6.18 Å². The lowest BCUT2D eigenvalue weighted by Gasteiger charge is -2.14. The molecule has 112 valence electrons. The zero-order chi connectivity index (χ0) is 15.8. The van der Waals surface area contributed by atoms with Crippen molar-refractivity contribution >= 4 is 28.8 Å². The summed E-state index contributed by atoms with van der Waals surface area (Å²) in [6.45, 7) is 3.31. The minimum absolute atomic E-state index is 0.0335. The van der Waals surface area contributed by atoms with E-state index in [1.54, 1.807) is 13.8 Å². The Hall–Kier alpha value is -2.02. The third-order valence-electron chi connectivity index (χ3n) is 2.93. The van der Waals surface area contributed by atoms with Crippen LogP contribution in [0.1, 0.15) is 16.8 Å². The van der Waals surface area contributed by atoms with E-state index in [-0.39, 0.29) is 22.5 Å². The molecule has 0 saturated heterocycles. The van der Waals surface area contributed by atoms with Gasteiger partial charge in [-0.15, -0.1) is 0 Å². The summed E-state index contributed by atoms with van der Waals surface area (Å²) in [5.41, 5.74) is 6.60. The van der Waals surface area contributed by atoms with Crippen LogP contribution in [-0.2, 0) is 6.18 Å². The number of hydrogen-bond acceptors (Lipinski definition) is 4. The molecule has 0 aliphatic heterocycles. The smallest absolute Gasteiger partial charge is 0.394 e. The topological polar surface area (TPSA) is 63.8 Å². The Balaban J connectivity index is 2.45. The van der Waals surface area contributed by atoms with Crippen molar-refractivity contribution in [2.75, 3.05) is 11.1 Å². The summed E-state index contributed by atoms with van der Waals surface area (Å²) in [6, 6.07) is 3.39. The van der Waals surface area contributed by atoms with Crippen molar-refractivity contribution in [3.05, 3.63) is 40.3 Å². The van der Waals surface area contributed by atoms with Crippen LogP contribution in [0.15, 0.2) is 18.2 Å². The number of rotatable bonds is 2. The Bertz CT molecular complexity index is 686. The molecule has 0 aliphatic rings. The van der Waals surface area contributed by atoms with E-state index < -0.39 is 11.7 Å². The molecule has 1 heterocycles. The highest BCUT2D eigenvalue weighted by Crippen LogP contribution is 2.33. The van der Waals surface area contributed by atoms with E-state index in [2.05, 4.69) is 15.3 Å². The third-order valence-corrected chi connectivity index (χ3v) is 3.10. The molecular formula is C13H12ClF3N4. The van der Waals surface area contributed by atoms with Crippen LogP contribution in [0.3, 0.4) is 0 Å². The SMILES string of the molecule is Cc1ccc(C(F)(F)F)cc1Nc1nc(Cl)nc(C)c1N. The Morgan fingerprint density at radius 1 is 1.19 bits per heavy atom. The molecule has 0 saturated carbocycles. The van der Waals surface area contributed by atoms with Crippen molar-refractivity contribution in [3.63, 3.8) is 0 Å². The van der Waals surface area contributed by atoms with Crippen molar-refractivity contribution in [2.24, 2.45) is 0 Å². The molecule has 0 spiro atoms. The Morgan fingerprint density at radius 3 is 2.48 bits per heavy atom. The van der Waals surface area contributed by atoms with Crippen molar-refractivity contribution in [2.45, 2.75) is 20.0 Å². The van der Waals surface area contributed by atoms with E-state index in [0.717, 1.165) is 12.1 Å². The summed E-state index contributed by atoms with van der Waals surface area (Å²) in [5.74, 6) is 0.176. The standard InChI is InChI=1S/C13H12ClF3N4/c1-6-3-4-8(13(15,16)17)5-9(6)20-11-10(18)7(2)19-12(14)21-11/h3-5H,18H2,1-2H3,(H,19,20,21). The molecule has 0 unspecified atom stereocenters. The first kappa shape index (κ1) is 15.4. The molecule has 4 nitrogen and oxygen atoms in total. The Morgan fingerprint density at radius 2 is 1.86 bits per heavy atom. The second-order valence-corrected chi connectivity index (χ2v) is 4.83. The first-order valence-electron chi connectivity index (χ1n) is 5.93. The van der Waals surface area contributed by atoms with Gasteiger partial charge in [0.2, 0.25) is 5.28 Å². The summed E-state index contributed by atoms with van der Waals surface area (Å²) in [6.07, 6.45) is -4.42. The number of nitrogens with two attached hydrogens (primary N) is 1. The minimum Gasteiger partial charge on any atom is -0.394 e. The third kappa shape index (κ3) is 3.36. The van der Waals surface area contributed by atoms with E-state index >= 15 is 0 Å². The number of nitrogen functional groups attached to an aromatic ring is 1. The van der Waals surface area contributed by atoms with E-state index in [0.29, 0.717) is 11.3 Å². The number of alkyl halides is 3. The molecule has 0 aliphatic carbocycles. The average molecular weight is 317 g/mol. The fourth-order valence-electron chi connectivity index (χ4n) is 1.70. The van der Waals surface area contributed by atoms with E-state index in [9.17, 15) is 13.2 Å². The van der Waals surface area contributed by atoms with Gasteiger partial charge in [-0.05, 0) is 43.1 Å². The maximum absolute atomic E-state index is 12.7. The first-order chi connectivity index (χ1) is 9.68. The van der Waals surface area contributed by atoms with Crippen molar-refractivity contribution in [3.8, 4) is 0 Å². The fraction of sp³-hybridized carbons (Fsp3) is 0.231. The molecule has 0 radical (unpaired) electrons. The number of nitrogens with one attached hydrogen (secondary N) is 1. The van der Waals surface area contributed by atoms with E-state index in [4.69, 9.17) is 17.3 Å². The highest BCUT2D eigenvalue weighted by Gasteiger charge is 2.30. The lowest BCUT2D eigenvalue weighted by molar-refractivity contribution is -0.137. The van der Waals surface area contributed by atoms with Gasteiger partial charge in [0.25, 0.3) is 0 Å². The van der Waals surface area contributed by atoms with Gasteiger partial charge < -0.3 is 11.1 Å². The molecule has 0 atom stereocenters. The highest BCUT2D eigenvalue weighted by molar-refractivity contribution is 6.28. The van der Waals surface area contributed by atoms with Gasteiger partial charge in [0.05, 0.1) is 16.9 Å². The van der Waals surface area contributed by atoms with Crippen LogP contribution in [0.5, 0.6) is 0 Å². The molecule has 3 N–H and O–H groups in total. The maximum Gasteiger partial charge on any atom is 0.416 e. The number of anilines is 3. The fourth-order valence-corrected chi connectivity index (χ4v) is 1.91. The van der Waals surface area contributed by atoms with Gasteiger partial charge in [-0.3, -0.25) is 0 Å². The molecule has 0 fully saturated rings. The molecule has 0 bridgehead atoms. The predicted octanol–water partition coefficient (Wildman–Crippen LogP) is 4.09. The van der Waals surface area contributed by atoms with Gasteiger partial charge in [-0.25, -0.2) is 4.98 Å². The first-order valence-corrected chi connectivity index (χ1v) is 6.31. The molecule has 21 heavy (non-hydrogen) atoms. The number of halogens is 4. The molecular weight excluding hydrogens is 305 g/mol. The molecule has 8 heteroatoms. The summed E-state index contributed by atoms with van der Waals surface area (Å²) >= 11 is 5.73. The maximum atomic E-state index is 12.7. The van der Waals surface area contributed by atoms with Gasteiger partial charge in [-0.2, -0.15) is 18.2 Å². The van der Waals surface area contributed by atoms with Crippen LogP contribution in [-0.4, -0.2) is 9.97 Å². The summed E-state index contributed by atoms with van der Waals surface area (Å²) in [4.78, 5) is 7.76. The van der Waals surface area contributed by atoms with Crippen molar-refractivity contribution in [1.82, 2.24) is 9.97 Å². The highest BCUT2D eigenvalue weighted by atomic mass is 35.5. The predicted molar refractivity (Wildman–Crippen MR) is 75.7 cm³/mol. The zero-order valence-electron chi connectivity index (χ0n) is 11.2. The normalized spacial score (nSPS) is 11.5. The summed E-state index contributed by atoms with van der Waals surface area (Å²) in [7, 11) is 0. The van der Waals surface area contributed by atoms with Crippen molar-refractivity contribution in [1.29, 1.82) is 0 Å². The summed E-state index contributed by atoms with van der Waals surface area (Å²) < 4.78 is 38.2. The second-order valence-electron chi connectivity index (χ2n) is 4.49. The Kier molecular flexibility index (Phi) is 3.95. The van der Waals surface area contributed by atoms with Gasteiger partial charge in [0.15, 0.2) is 5.82 Å². The van der Waals surface area contributed by atoms with Crippen LogP contribution >= 0.6 is 11.6 Å². The van der Waals surface area contributed by atoms with Gasteiger partial charge in [-0.1, -0.05) is 6.07 Å². The van der Waals surface area contributed by atoms with Crippen LogP contribution in [0.2, 0.25) is 5.28 Å². The van der Waals surface area contributed by atoms with Gasteiger partial charge in [0.1, 0.15) is 0 Å². The lowest BCUT2D eigenvalue weighted by Crippen LogP contribution is -2.08. The zero-order valence-corrected chi connectivity index (χ0v) is 12.0. The molecule has 0 amide bonds. The van der Waals surface area contributed by atoms with Crippen LogP contribution in [0.25, 0.3) is 0 Å². The van der Waals surface area contributed by atoms with Gasteiger partial charge in [0, 0.05) is 5.69 Å². The van der Waals surface area contributed by atoms with E-state index in [1.807, 2.05) is 0 Å². The minimum atomic E-state index is -4.42. The Labute approximate surface area is 124 Å². The number of nitrogens with zero attached hydrogens (tertiary/aromatic N) is 2. The largest absolute Gasteiger partial charge is 0.416 e. The quantitative estimate of drug-likeness (QED) is 0.819. The average Bonchev–Trinajstić information content (AvgIpc) is 2.36. The van der Waals surface area contributed by atoms with Crippen LogP contribution in [0, 0.1) is 13.8 Å². The number of aromatic nitrogens is 2. The molecule has 2 aromatic rings. The molecule has 2 rings (SSSR count). The summed E-state index contributed by atoms with van der Waals surface area (Å²) in [5, 5.41) is 2.74. The number of benzene rings is 1. The molecule has 1 aromatic heterocycles. The number of aryl methyl sites for hydroxylation is 2. The second kappa shape index (κ2) is 5.40. The van der Waals surface area contributed by atoms with Crippen LogP contribution < -0.4 is 11.1 Å². The van der Waals surface area contributed by atoms with Crippen molar-refractivity contribution < 1.29 is 13.2 Å². The lowest BCUT2D eigenvalue weighted by atomic mass is 10.1. The van der Waals surface area contributed by atoms with Crippen LogP contribution in [0.4, 0.5) is 30.4 Å².